The first-order valence-electron chi connectivity index (χ1n) is 8.52. The molecule has 1 saturated heterocycles. The number of nitrogens with zero attached hydrogens (tertiary/aromatic N) is 5. The highest BCUT2D eigenvalue weighted by Crippen LogP contribution is 2.29. The van der Waals surface area contributed by atoms with E-state index in [2.05, 4.69) is 16.9 Å². The van der Waals surface area contributed by atoms with E-state index < -0.39 is 0 Å². The Balaban J connectivity index is 1.91. The number of halogens is 1. The number of hydrogen-bond acceptors (Lipinski definition) is 4. The van der Waals surface area contributed by atoms with Crippen LogP contribution in [0.4, 0.5) is 5.82 Å². The van der Waals surface area contributed by atoms with Crippen LogP contribution in [0, 0.1) is 0 Å². The van der Waals surface area contributed by atoms with Gasteiger partial charge < -0.3 is 4.90 Å². The first kappa shape index (κ1) is 15.4. The molecule has 0 unspecified atom stereocenters. The van der Waals surface area contributed by atoms with Crippen molar-refractivity contribution in [2.45, 2.75) is 32.6 Å². The van der Waals surface area contributed by atoms with Gasteiger partial charge in [-0.1, -0.05) is 30.7 Å². The van der Waals surface area contributed by atoms with Crippen molar-refractivity contribution in [3.05, 3.63) is 41.3 Å². The minimum atomic E-state index is 0.665. The molecule has 124 valence electrons. The molecule has 3 heterocycles. The molecule has 4 rings (SSSR count). The van der Waals surface area contributed by atoms with Crippen LogP contribution in [0.5, 0.6) is 0 Å². The molecule has 0 saturated carbocycles. The fourth-order valence-electron chi connectivity index (χ4n) is 3.24. The highest BCUT2D eigenvalue weighted by atomic mass is 35.5. The van der Waals surface area contributed by atoms with E-state index in [0.29, 0.717) is 5.02 Å². The van der Waals surface area contributed by atoms with Crippen molar-refractivity contribution in [2.75, 3.05) is 18.0 Å². The third-order valence-corrected chi connectivity index (χ3v) is 4.83. The Hall–Kier alpha value is -2.14. The average molecular weight is 342 g/mol. The summed E-state index contributed by atoms with van der Waals surface area (Å²) < 4.78 is 1.83. The molecule has 0 radical (unpaired) electrons. The lowest BCUT2D eigenvalue weighted by molar-refractivity contribution is 0.573. The Bertz CT molecular complexity index is 867. The number of rotatable bonds is 3. The van der Waals surface area contributed by atoms with E-state index in [1.165, 1.54) is 19.3 Å². The van der Waals surface area contributed by atoms with E-state index >= 15 is 0 Å². The van der Waals surface area contributed by atoms with Gasteiger partial charge in [0.05, 0.1) is 22.3 Å². The summed E-state index contributed by atoms with van der Waals surface area (Å²) in [7, 11) is 0. The highest BCUT2D eigenvalue weighted by molar-refractivity contribution is 6.32. The Morgan fingerprint density at radius 3 is 2.62 bits per heavy atom. The SMILES string of the molecule is CCc1nc(N2CCCCC2)c2cnn(-c3ccccc3Cl)c2n1. The van der Waals surface area contributed by atoms with Gasteiger partial charge in [-0.2, -0.15) is 5.10 Å². The number of fused-ring (bicyclic) bond motifs is 1. The molecule has 6 heteroatoms. The monoisotopic (exact) mass is 341 g/mol. The number of aromatic nitrogens is 4. The minimum absolute atomic E-state index is 0.665. The lowest BCUT2D eigenvalue weighted by Crippen LogP contribution is -2.30. The number of hydrogen-bond donors (Lipinski definition) is 0. The van der Waals surface area contributed by atoms with Crippen LogP contribution in [0.15, 0.2) is 30.5 Å². The maximum absolute atomic E-state index is 6.36. The zero-order valence-corrected chi connectivity index (χ0v) is 14.5. The molecule has 2 aromatic heterocycles. The third kappa shape index (κ3) is 2.63. The number of piperidine rings is 1. The summed E-state index contributed by atoms with van der Waals surface area (Å²) in [5.41, 5.74) is 1.68. The molecule has 3 aromatic rings. The molecule has 0 amide bonds. The van der Waals surface area contributed by atoms with Crippen LogP contribution in [-0.2, 0) is 6.42 Å². The van der Waals surface area contributed by atoms with Crippen LogP contribution in [0.2, 0.25) is 5.02 Å². The van der Waals surface area contributed by atoms with Crippen LogP contribution in [0.25, 0.3) is 16.7 Å². The fourth-order valence-corrected chi connectivity index (χ4v) is 3.46. The van der Waals surface area contributed by atoms with Crippen molar-refractivity contribution in [1.82, 2.24) is 19.7 Å². The summed E-state index contributed by atoms with van der Waals surface area (Å²) in [4.78, 5) is 11.9. The zero-order chi connectivity index (χ0) is 16.5. The van der Waals surface area contributed by atoms with Gasteiger partial charge in [-0.05, 0) is 31.4 Å². The normalized spacial score (nSPS) is 15.2. The molecule has 1 aromatic carbocycles. The Morgan fingerprint density at radius 2 is 1.88 bits per heavy atom. The summed E-state index contributed by atoms with van der Waals surface area (Å²) in [5.74, 6) is 1.85. The van der Waals surface area contributed by atoms with E-state index in [1.54, 1.807) is 0 Å². The molecule has 0 atom stereocenters. The summed E-state index contributed by atoms with van der Waals surface area (Å²) in [6, 6.07) is 7.71. The molecule has 0 N–H and O–H groups in total. The maximum atomic E-state index is 6.36. The molecule has 1 aliphatic heterocycles. The van der Waals surface area contributed by atoms with E-state index in [-0.39, 0.29) is 0 Å². The van der Waals surface area contributed by atoms with Crippen molar-refractivity contribution in [3.8, 4) is 5.69 Å². The molecule has 24 heavy (non-hydrogen) atoms. The lowest BCUT2D eigenvalue weighted by Gasteiger charge is -2.28. The molecule has 1 aliphatic rings. The van der Waals surface area contributed by atoms with E-state index in [1.807, 2.05) is 35.1 Å². The standard InChI is InChI=1S/C18H20ClN5/c1-2-16-21-17(23-10-6-3-7-11-23)13-12-20-24(18(13)22-16)15-9-5-4-8-14(15)19/h4-5,8-9,12H,2-3,6-7,10-11H2,1H3. The van der Waals surface area contributed by atoms with Gasteiger partial charge in [0.25, 0.3) is 0 Å². The molecule has 5 nitrogen and oxygen atoms in total. The quantitative estimate of drug-likeness (QED) is 0.721. The van der Waals surface area contributed by atoms with Gasteiger partial charge in [0.15, 0.2) is 5.65 Å². The highest BCUT2D eigenvalue weighted by Gasteiger charge is 2.20. The molecular formula is C18H20ClN5. The second-order valence-electron chi connectivity index (χ2n) is 6.11. The van der Waals surface area contributed by atoms with Gasteiger partial charge in [0.1, 0.15) is 11.6 Å². The lowest BCUT2D eigenvalue weighted by atomic mass is 10.1. The minimum Gasteiger partial charge on any atom is -0.356 e. The number of anilines is 1. The Morgan fingerprint density at radius 1 is 1.08 bits per heavy atom. The van der Waals surface area contributed by atoms with Crippen LogP contribution in [0.3, 0.4) is 0 Å². The molecule has 0 bridgehead atoms. The van der Waals surface area contributed by atoms with Gasteiger partial charge in [0.2, 0.25) is 0 Å². The zero-order valence-electron chi connectivity index (χ0n) is 13.7. The number of benzene rings is 1. The molecular weight excluding hydrogens is 322 g/mol. The van der Waals surface area contributed by atoms with Gasteiger partial charge in [-0.25, -0.2) is 14.6 Å². The van der Waals surface area contributed by atoms with Crippen LogP contribution >= 0.6 is 11.6 Å². The predicted molar refractivity (Wildman–Crippen MR) is 97.1 cm³/mol. The number of aryl methyl sites for hydroxylation is 1. The van der Waals surface area contributed by atoms with Gasteiger partial charge in [-0.15, -0.1) is 0 Å². The van der Waals surface area contributed by atoms with Gasteiger partial charge in [-0.3, -0.25) is 0 Å². The van der Waals surface area contributed by atoms with Crippen LogP contribution in [0.1, 0.15) is 32.0 Å². The largest absolute Gasteiger partial charge is 0.356 e. The summed E-state index contributed by atoms with van der Waals surface area (Å²) in [6.45, 7) is 4.18. The maximum Gasteiger partial charge on any atom is 0.168 e. The second-order valence-corrected chi connectivity index (χ2v) is 6.52. The summed E-state index contributed by atoms with van der Waals surface area (Å²) in [6.07, 6.45) is 6.38. The van der Waals surface area contributed by atoms with Gasteiger partial charge >= 0.3 is 0 Å². The predicted octanol–water partition coefficient (Wildman–Crippen LogP) is 4.02. The van der Waals surface area contributed by atoms with E-state index in [9.17, 15) is 0 Å². The Labute approximate surface area is 146 Å². The third-order valence-electron chi connectivity index (χ3n) is 4.51. The van der Waals surface area contributed by atoms with E-state index in [4.69, 9.17) is 21.6 Å². The molecule has 0 spiro atoms. The molecule has 0 aliphatic carbocycles. The second kappa shape index (κ2) is 6.40. The summed E-state index contributed by atoms with van der Waals surface area (Å²) in [5, 5.41) is 6.22. The molecule has 1 fully saturated rings. The number of para-hydroxylation sites is 1. The van der Waals surface area contributed by atoms with Crippen molar-refractivity contribution >= 4 is 28.5 Å². The van der Waals surface area contributed by atoms with Crippen molar-refractivity contribution in [2.24, 2.45) is 0 Å². The fraction of sp³-hybridized carbons (Fsp3) is 0.389. The summed E-state index contributed by atoms with van der Waals surface area (Å²) >= 11 is 6.36. The van der Waals surface area contributed by atoms with Crippen LogP contribution in [-0.4, -0.2) is 32.8 Å². The van der Waals surface area contributed by atoms with Gasteiger partial charge in [0, 0.05) is 19.5 Å². The van der Waals surface area contributed by atoms with Crippen molar-refractivity contribution in [1.29, 1.82) is 0 Å². The Kier molecular flexibility index (Phi) is 4.10. The topological polar surface area (TPSA) is 46.8 Å². The van der Waals surface area contributed by atoms with Crippen molar-refractivity contribution in [3.63, 3.8) is 0 Å². The van der Waals surface area contributed by atoms with Crippen molar-refractivity contribution < 1.29 is 0 Å². The average Bonchev–Trinajstić information content (AvgIpc) is 3.05. The van der Waals surface area contributed by atoms with Crippen LogP contribution < -0.4 is 4.90 Å². The smallest absolute Gasteiger partial charge is 0.168 e. The first-order valence-corrected chi connectivity index (χ1v) is 8.90. The first-order chi connectivity index (χ1) is 11.8. The van der Waals surface area contributed by atoms with E-state index in [0.717, 1.165) is 47.9 Å².